The summed E-state index contributed by atoms with van der Waals surface area (Å²) in [5.74, 6) is -0.838. The Morgan fingerprint density at radius 3 is 2.43 bits per heavy atom. The van der Waals surface area contributed by atoms with Crippen LogP contribution in [0, 0.1) is 6.92 Å². The van der Waals surface area contributed by atoms with E-state index in [1.54, 1.807) is 13.0 Å². The maximum Gasteiger partial charge on any atom is 0.316 e. The van der Waals surface area contributed by atoms with E-state index in [0.29, 0.717) is 11.6 Å². The summed E-state index contributed by atoms with van der Waals surface area (Å²) in [4.78, 5) is 35.2. The summed E-state index contributed by atoms with van der Waals surface area (Å²) in [6.07, 6.45) is 0. The Morgan fingerprint density at radius 2 is 1.75 bits per heavy atom. The van der Waals surface area contributed by atoms with E-state index in [-0.39, 0.29) is 38.2 Å². The lowest BCUT2D eigenvalue weighted by atomic mass is 10.3. The smallest absolute Gasteiger partial charge is 0.316 e. The molecule has 1 aromatic carbocycles. The van der Waals surface area contributed by atoms with Gasteiger partial charge in [0.05, 0.1) is 32.3 Å². The summed E-state index contributed by atoms with van der Waals surface area (Å²) in [7, 11) is 0. The molecular weight excluding hydrogens is 453 g/mol. The largest absolute Gasteiger partial charge is 0.455 e. The molecule has 1 heterocycles. The fourth-order valence-electron chi connectivity index (χ4n) is 1.82. The second-order valence-corrected chi connectivity index (χ2v) is 7.53. The number of hydrogen-bond acceptors (Lipinski definition) is 7. The average molecular weight is 467 g/mol. The molecule has 12 heteroatoms. The minimum absolute atomic E-state index is 0.00604. The van der Waals surface area contributed by atoms with Crippen molar-refractivity contribution in [3.05, 3.63) is 39.0 Å². The molecule has 0 aliphatic heterocycles. The van der Waals surface area contributed by atoms with E-state index in [0.717, 1.165) is 11.8 Å². The van der Waals surface area contributed by atoms with Crippen molar-refractivity contribution in [2.24, 2.45) is 0 Å². The SMILES string of the molecule is Cc1cc(NC(=O)CSCC(=O)OCC(=O)Nc2cc(Cl)c(Cl)cc2Cl)no1. The van der Waals surface area contributed by atoms with Crippen LogP contribution in [0.3, 0.4) is 0 Å². The highest BCUT2D eigenvalue weighted by atomic mass is 35.5. The second kappa shape index (κ2) is 10.6. The number of anilines is 2. The summed E-state index contributed by atoms with van der Waals surface area (Å²) >= 11 is 18.6. The lowest BCUT2D eigenvalue weighted by molar-refractivity contribution is -0.144. The van der Waals surface area contributed by atoms with Crippen LogP contribution in [0.4, 0.5) is 11.5 Å². The Bertz CT molecular complexity index is 890. The van der Waals surface area contributed by atoms with Gasteiger partial charge in [-0.25, -0.2) is 0 Å². The summed E-state index contributed by atoms with van der Waals surface area (Å²) in [5, 5.41) is 9.25. The van der Waals surface area contributed by atoms with E-state index in [1.807, 2.05) is 0 Å². The van der Waals surface area contributed by atoms with Crippen LogP contribution in [0.2, 0.25) is 15.1 Å². The zero-order valence-corrected chi connectivity index (χ0v) is 17.5. The van der Waals surface area contributed by atoms with E-state index in [2.05, 4.69) is 15.8 Å². The highest BCUT2D eigenvalue weighted by molar-refractivity contribution is 8.00. The molecule has 2 N–H and O–H groups in total. The molecule has 0 unspecified atom stereocenters. The number of nitrogens with one attached hydrogen (secondary N) is 2. The van der Waals surface area contributed by atoms with Crippen LogP contribution in [0.1, 0.15) is 5.76 Å². The highest BCUT2D eigenvalue weighted by Crippen LogP contribution is 2.32. The van der Waals surface area contributed by atoms with Crippen LogP contribution in [-0.2, 0) is 19.1 Å². The van der Waals surface area contributed by atoms with Gasteiger partial charge in [0.15, 0.2) is 12.4 Å². The number of rotatable bonds is 8. The van der Waals surface area contributed by atoms with Gasteiger partial charge in [-0.05, 0) is 19.1 Å². The molecule has 1 aromatic heterocycles. The molecule has 0 bridgehead atoms. The molecule has 2 amide bonds. The molecule has 0 aliphatic carbocycles. The van der Waals surface area contributed by atoms with Crippen LogP contribution < -0.4 is 10.6 Å². The standard InChI is InChI=1S/C16H14Cl3N3O5S/c1-8-2-13(22-27-8)21-15(24)6-28-7-16(25)26-5-14(23)20-12-4-10(18)9(17)3-11(12)19/h2-4H,5-7H2,1H3,(H,20,23)(H,21,22,24). The number of carbonyl (C=O) groups is 3. The number of benzene rings is 1. The van der Waals surface area contributed by atoms with Crippen molar-refractivity contribution in [2.75, 3.05) is 28.7 Å². The van der Waals surface area contributed by atoms with E-state index in [4.69, 9.17) is 44.1 Å². The van der Waals surface area contributed by atoms with Gasteiger partial charge in [-0.15, -0.1) is 11.8 Å². The van der Waals surface area contributed by atoms with Crippen molar-refractivity contribution < 1.29 is 23.6 Å². The van der Waals surface area contributed by atoms with E-state index in [9.17, 15) is 14.4 Å². The number of nitrogens with zero attached hydrogens (tertiary/aromatic N) is 1. The van der Waals surface area contributed by atoms with E-state index in [1.165, 1.54) is 12.1 Å². The Labute approximate surface area is 179 Å². The Balaban J connectivity index is 1.67. The van der Waals surface area contributed by atoms with Crippen molar-refractivity contribution >= 4 is 75.9 Å². The van der Waals surface area contributed by atoms with E-state index >= 15 is 0 Å². The molecular formula is C16H14Cl3N3O5S. The third kappa shape index (κ3) is 7.23. The van der Waals surface area contributed by atoms with Crippen LogP contribution in [0.15, 0.2) is 22.7 Å². The molecule has 0 atom stereocenters. The first-order chi connectivity index (χ1) is 13.2. The normalized spacial score (nSPS) is 10.4. The number of thioether (sulfide) groups is 1. The quantitative estimate of drug-likeness (QED) is 0.450. The summed E-state index contributed by atoms with van der Waals surface area (Å²) < 4.78 is 9.66. The first-order valence-corrected chi connectivity index (χ1v) is 9.94. The van der Waals surface area contributed by atoms with Gasteiger partial charge in [-0.2, -0.15) is 0 Å². The Kier molecular flexibility index (Phi) is 8.43. The molecule has 0 aliphatic rings. The molecule has 8 nitrogen and oxygen atoms in total. The van der Waals surface area contributed by atoms with Gasteiger partial charge in [0.2, 0.25) is 5.91 Å². The lowest BCUT2D eigenvalue weighted by Gasteiger charge is -2.09. The van der Waals surface area contributed by atoms with Gasteiger partial charge in [-0.3, -0.25) is 14.4 Å². The van der Waals surface area contributed by atoms with Crippen LogP contribution in [0.25, 0.3) is 0 Å². The lowest BCUT2D eigenvalue weighted by Crippen LogP contribution is -2.22. The van der Waals surface area contributed by atoms with Crippen molar-refractivity contribution in [2.45, 2.75) is 6.92 Å². The number of aromatic nitrogens is 1. The predicted octanol–water partition coefficient (Wildman–Crippen LogP) is 3.80. The average Bonchev–Trinajstić information content (AvgIpc) is 3.02. The summed E-state index contributed by atoms with van der Waals surface area (Å²) in [5.41, 5.74) is 0.242. The number of amides is 2. The Hall–Kier alpha value is -1.94. The first kappa shape index (κ1) is 22.4. The molecule has 2 rings (SSSR count). The molecule has 0 saturated carbocycles. The van der Waals surface area contributed by atoms with Gasteiger partial charge >= 0.3 is 5.97 Å². The zero-order valence-electron chi connectivity index (χ0n) is 14.4. The highest BCUT2D eigenvalue weighted by Gasteiger charge is 2.13. The minimum Gasteiger partial charge on any atom is -0.455 e. The fraction of sp³-hybridized carbons (Fsp3) is 0.250. The van der Waals surface area contributed by atoms with Crippen molar-refractivity contribution in [1.29, 1.82) is 0 Å². The van der Waals surface area contributed by atoms with Gasteiger partial charge in [0, 0.05) is 6.07 Å². The van der Waals surface area contributed by atoms with Crippen LogP contribution >= 0.6 is 46.6 Å². The van der Waals surface area contributed by atoms with Gasteiger partial charge in [0.1, 0.15) is 5.76 Å². The number of carbonyl (C=O) groups excluding carboxylic acids is 3. The number of hydrogen-bond donors (Lipinski definition) is 2. The van der Waals surface area contributed by atoms with Gasteiger partial charge in [0.25, 0.3) is 5.91 Å². The molecule has 0 spiro atoms. The summed E-state index contributed by atoms with van der Waals surface area (Å²) in [6.45, 7) is 1.18. The van der Waals surface area contributed by atoms with Gasteiger partial charge in [-0.1, -0.05) is 40.0 Å². The van der Waals surface area contributed by atoms with E-state index < -0.39 is 18.5 Å². The molecule has 0 saturated heterocycles. The van der Waals surface area contributed by atoms with Crippen molar-refractivity contribution in [3.63, 3.8) is 0 Å². The fourth-order valence-corrected chi connectivity index (χ4v) is 3.03. The number of aryl methyl sites for hydroxylation is 1. The minimum atomic E-state index is -0.648. The first-order valence-electron chi connectivity index (χ1n) is 7.65. The molecule has 28 heavy (non-hydrogen) atoms. The zero-order chi connectivity index (χ0) is 20.7. The maximum atomic E-state index is 11.8. The number of ether oxygens (including phenoxy) is 1. The molecule has 0 radical (unpaired) electrons. The monoisotopic (exact) mass is 465 g/mol. The molecule has 2 aromatic rings. The van der Waals surface area contributed by atoms with Crippen molar-refractivity contribution in [1.82, 2.24) is 5.16 Å². The van der Waals surface area contributed by atoms with Crippen molar-refractivity contribution in [3.8, 4) is 0 Å². The molecule has 0 fully saturated rings. The third-order valence-corrected chi connectivity index (χ3v) is 4.94. The predicted molar refractivity (Wildman–Crippen MR) is 108 cm³/mol. The number of esters is 1. The van der Waals surface area contributed by atoms with Gasteiger partial charge < -0.3 is 19.9 Å². The van der Waals surface area contributed by atoms with Crippen LogP contribution in [-0.4, -0.2) is 41.1 Å². The number of halogens is 3. The third-order valence-electron chi connectivity index (χ3n) is 3.00. The summed E-state index contributed by atoms with van der Waals surface area (Å²) in [6, 6.07) is 4.33. The van der Waals surface area contributed by atoms with Crippen LogP contribution in [0.5, 0.6) is 0 Å². The molecule has 150 valence electrons. The second-order valence-electron chi connectivity index (χ2n) is 5.32. The Morgan fingerprint density at radius 1 is 1.04 bits per heavy atom. The topological polar surface area (TPSA) is 111 Å². The maximum absolute atomic E-state index is 11.8.